The molecule has 3 aromatic rings. The van der Waals surface area contributed by atoms with Gasteiger partial charge in [0.15, 0.2) is 5.78 Å². The summed E-state index contributed by atoms with van der Waals surface area (Å²) < 4.78 is 40.1. The summed E-state index contributed by atoms with van der Waals surface area (Å²) in [5, 5.41) is 5.31. The Morgan fingerprint density at radius 3 is 2.58 bits per heavy atom. The van der Waals surface area contributed by atoms with Gasteiger partial charge in [-0.05, 0) is 42.7 Å². The monoisotopic (exact) mass is 450 g/mol. The number of Topliss-reactive ketones (excluding diaryl/α,β-unsaturated/α-hetero) is 1. The minimum atomic E-state index is -4.63. The number of carbonyl (C=O) groups is 2. The van der Waals surface area contributed by atoms with Gasteiger partial charge < -0.3 is 4.90 Å². The summed E-state index contributed by atoms with van der Waals surface area (Å²) in [6.07, 6.45) is -1.15. The van der Waals surface area contributed by atoms with Gasteiger partial charge in [-0.3, -0.25) is 14.3 Å². The van der Waals surface area contributed by atoms with Gasteiger partial charge >= 0.3 is 6.18 Å². The first-order valence-electron chi connectivity index (χ1n) is 9.71. The Hall–Kier alpha value is -2.94. The van der Waals surface area contributed by atoms with E-state index in [0.29, 0.717) is 16.5 Å². The van der Waals surface area contributed by atoms with Gasteiger partial charge in [0, 0.05) is 36.1 Å². The highest BCUT2D eigenvalue weighted by atomic mass is 35.5. The first kappa shape index (κ1) is 21.3. The fourth-order valence-corrected chi connectivity index (χ4v) is 3.80. The molecule has 4 rings (SSSR count). The van der Waals surface area contributed by atoms with Crippen molar-refractivity contribution in [3.05, 3.63) is 58.5 Å². The van der Waals surface area contributed by atoms with Crippen LogP contribution in [0.2, 0.25) is 5.02 Å². The van der Waals surface area contributed by atoms with E-state index in [4.69, 9.17) is 11.6 Å². The van der Waals surface area contributed by atoms with Gasteiger partial charge in [0.25, 0.3) is 0 Å². The summed E-state index contributed by atoms with van der Waals surface area (Å²) in [4.78, 5) is 30.1. The summed E-state index contributed by atoms with van der Waals surface area (Å²) in [5.74, 6) is -0.591. The van der Waals surface area contributed by atoms with Crippen LogP contribution >= 0.6 is 11.6 Å². The SMILES string of the molecule is O=C(Cc1cc2cn(CC(=O)N3CCCC3)nc2cc1Cl)c1cccc(C(F)(F)F)n1. The maximum absolute atomic E-state index is 12.9. The lowest BCUT2D eigenvalue weighted by Crippen LogP contribution is -2.31. The van der Waals surface area contributed by atoms with Crippen molar-refractivity contribution < 1.29 is 22.8 Å². The smallest absolute Gasteiger partial charge is 0.341 e. The number of rotatable bonds is 5. The number of pyridine rings is 1. The molecule has 0 radical (unpaired) electrons. The van der Waals surface area contributed by atoms with Gasteiger partial charge in [0.1, 0.15) is 17.9 Å². The lowest BCUT2D eigenvalue weighted by Gasteiger charge is -2.14. The molecule has 0 bridgehead atoms. The zero-order chi connectivity index (χ0) is 22.2. The van der Waals surface area contributed by atoms with Crippen molar-refractivity contribution in [3.8, 4) is 0 Å². The van der Waals surface area contributed by atoms with Gasteiger partial charge in [0.2, 0.25) is 5.91 Å². The number of amides is 1. The van der Waals surface area contributed by atoms with E-state index < -0.39 is 17.7 Å². The standard InChI is InChI=1S/C21H18ClF3N4O2/c22-15-10-17-14(11-29(27-17)12-20(31)28-6-1-2-7-28)8-13(15)9-18(30)16-4-3-5-19(26-16)21(23,24)25/h3-5,8,10-11H,1-2,6-7,9,12H2. The first-order chi connectivity index (χ1) is 14.7. The quantitative estimate of drug-likeness (QED) is 0.548. The van der Waals surface area contributed by atoms with Crippen LogP contribution in [-0.4, -0.2) is 44.4 Å². The number of aromatic nitrogens is 3. The van der Waals surface area contributed by atoms with Crippen LogP contribution in [0.4, 0.5) is 13.2 Å². The van der Waals surface area contributed by atoms with Gasteiger partial charge in [-0.25, -0.2) is 4.98 Å². The summed E-state index contributed by atoms with van der Waals surface area (Å²) in [6.45, 7) is 1.61. The van der Waals surface area contributed by atoms with E-state index >= 15 is 0 Å². The average molecular weight is 451 g/mol. The molecule has 0 N–H and O–H groups in total. The van der Waals surface area contributed by atoms with Crippen molar-refractivity contribution in [2.75, 3.05) is 13.1 Å². The lowest BCUT2D eigenvalue weighted by atomic mass is 10.0. The van der Waals surface area contributed by atoms with Crippen molar-refractivity contribution in [2.24, 2.45) is 0 Å². The molecule has 0 atom stereocenters. The minimum absolute atomic E-state index is 0.0116. The lowest BCUT2D eigenvalue weighted by molar-refractivity contribution is -0.141. The number of nitrogens with zero attached hydrogens (tertiary/aromatic N) is 4. The normalized spacial score (nSPS) is 14.4. The molecule has 10 heteroatoms. The number of ketones is 1. The summed E-state index contributed by atoms with van der Waals surface area (Å²) in [6, 6.07) is 6.44. The summed E-state index contributed by atoms with van der Waals surface area (Å²) in [7, 11) is 0. The van der Waals surface area contributed by atoms with Gasteiger partial charge in [-0.15, -0.1) is 0 Å². The highest BCUT2D eigenvalue weighted by molar-refractivity contribution is 6.32. The summed E-state index contributed by atoms with van der Waals surface area (Å²) in [5.41, 5.74) is -0.391. The molecular formula is C21H18ClF3N4O2. The van der Waals surface area contributed by atoms with Gasteiger partial charge in [-0.2, -0.15) is 18.3 Å². The first-order valence-corrected chi connectivity index (χ1v) is 10.1. The molecule has 2 aromatic heterocycles. The minimum Gasteiger partial charge on any atom is -0.341 e. The second kappa shape index (κ2) is 8.30. The Bertz CT molecular complexity index is 1150. The van der Waals surface area contributed by atoms with Crippen LogP contribution < -0.4 is 0 Å². The molecule has 0 spiro atoms. The molecule has 1 aliphatic heterocycles. The Morgan fingerprint density at radius 1 is 1.13 bits per heavy atom. The van der Waals surface area contributed by atoms with Crippen LogP contribution in [-0.2, 0) is 23.9 Å². The molecule has 0 unspecified atom stereocenters. The third-order valence-electron chi connectivity index (χ3n) is 5.15. The summed E-state index contributed by atoms with van der Waals surface area (Å²) >= 11 is 6.28. The fraction of sp³-hybridized carbons (Fsp3) is 0.333. The van der Waals surface area contributed by atoms with E-state index in [-0.39, 0.29) is 29.6 Å². The number of hydrogen-bond donors (Lipinski definition) is 0. The molecule has 6 nitrogen and oxygen atoms in total. The number of halogens is 4. The number of likely N-dealkylation sites (tertiary alicyclic amines) is 1. The van der Waals surface area contributed by atoms with Crippen LogP contribution in [0.3, 0.4) is 0 Å². The predicted molar refractivity (Wildman–Crippen MR) is 108 cm³/mol. The van der Waals surface area contributed by atoms with Gasteiger partial charge in [0.05, 0.1) is 5.52 Å². The van der Waals surface area contributed by atoms with E-state index in [1.807, 2.05) is 0 Å². The molecule has 31 heavy (non-hydrogen) atoms. The Kier molecular flexibility index (Phi) is 5.70. The van der Waals surface area contributed by atoms with E-state index in [2.05, 4.69) is 10.1 Å². The molecule has 1 fully saturated rings. The number of hydrogen-bond acceptors (Lipinski definition) is 4. The van der Waals surface area contributed by atoms with Crippen LogP contribution in [0.25, 0.3) is 10.9 Å². The van der Waals surface area contributed by atoms with Crippen LogP contribution in [0.5, 0.6) is 0 Å². The van der Waals surface area contributed by atoms with E-state index in [1.165, 1.54) is 10.7 Å². The molecule has 1 saturated heterocycles. The van der Waals surface area contributed by atoms with Crippen LogP contribution in [0, 0.1) is 0 Å². The van der Waals surface area contributed by atoms with Crippen molar-refractivity contribution in [1.29, 1.82) is 0 Å². The van der Waals surface area contributed by atoms with Crippen molar-refractivity contribution in [3.63, 3.8) is 0 Å². The molecule has 162 valence electrons. The molecule has 3 heterocycles. The number of fused-ring (bicyclic) bond motifs is 1. The molecule has 1 aromatic carbocycles. The molecule has 1 aliphatic rings. The highest BCUT2D eigenvalue weighted by Gasteiger charge is 2.33. The molecule has 0 aliphatic carbocycles. The van der Waals surface area contributed by atoms with E-state index in [0.717, 1.165) is 38.1 Å². The Morgan fingerprint density at radius 2 is 1.87 bits per heavy atom. The highest BCUT2D eigenvalue weighted by Crippen LogP contribution is 2.28. The Balaban J connectivity index is 1.53. The van der Waals surface area contributed by atoms with E-state index in [1.54, 1.807) is 23.2 Å². The number of benzene rings is 1. The van der Waals surface area contributed by atoms with Gasteiger partial charge in [-0.1, -0.05) is 17.7 Å². The largest absolute Gasteiger partial charge is 0.433 e. The van der Waals surface area contributed by atoms with Crippen molar-refractivity contribution in [1.82, 2.24) is 19.7 Å². The number of alkyl halides is 3. The third-order valence-corrected chi connectivity index (χ3v) is 5.50. The fourth-order valence-electron chi connectivity index (χ4n) is 3.58. The predicted octanol–water partition coefficient (Wildman–Crippen LogP) is 4.15. The molecular weight excluding hydrogens is 433 g/mol. The zero-order valence-corrected chi connectivity index (χ0v) is 17.1. The topological polar surface area (TPSA) is 68.1 Å². The molecule has 0 saturated carbocycles. The van der Waals surface area contributed by atoms with Crippen molar-refractivity contribution in [2.45, 2.75) is 32.0 Å². The second-order valence-electron chi connectivity index (χ2n) is 7.42. The van der Waals surface area contributed by atoms with Crippen LogP contribution in [0.1, 0.15) is 34.6 Å². The maximum Gasteiger partial charge on any atom is 0.433 e. The molecule has 1 amide bonds. The third kappa shape index (κ3) is 4.71. The Labute approximate surface area is 180 Å². The van der Waals surface area contributed by atoms with Crippen molar-refractivity contribution >= 4 is 34.2 Å². The second-order valence-corrected chi connectivity index (χ2v) is 7.83. The zero-order valence-electron chi connectivity index (χ0n) is 16.3. The maximum atomic E-state index is 12.9. The average Bonchev–Trinajstić information content (AvgIpc) is 3.37. The van der Waals surface area contributed by atoms with Crippen LogP contribution in [0.15, 0.2) is 36.5 Å². The van der Waals surface area contributed by atoms with E-state index in [9.17, 15) is 22.8 Å². The number of carbonyl (C=O) groups excluding carboxylic acids is 2.